The predicted molar refractivity (Wildman–Crippen MR) is 135 cm³/mol. The summed E-state index contributed by atoms with van der Waals surface area (Å²) in [7, 11) is 0. The third kappa shape index (κ3) is 6.08. The Bertz CT molecular complexity index is 983. The van der Waals surface area contributed by atoms with Crippen LogP contribution >= 0.6 is 11.6 Å². The summed E-state index contributed by atoms with van der Waals surface area (Å²) in [5.41, 5.74) is 1.70. The highest BCUT2D eigenvalue weighted by Crippen LogP contribution is 2.37. The van der Waals surface area contributed by atoms with E-state index in [9.17, 15) is 4.79 Å². The monoisotopic (exact) mass is 469 g/mol. The van der Waals surface area contributed by atoms with Crippen LogP contribution in [0.4, 0.5) is 0 Å². The van der Waals surface area contributed by atoms with Crippen LogP contribution in [0.15, 0.2) is 42.5 Å². The third-order valence-corrected chi connectivity index (χ3v) is 6.93. The van der Waals surface area contributed by atoms with Gasteiger partial charge < -0.3 is 20.7 Å². The Morgan fingerprint density at radius 2 is 1.67 bits per heavy atom. The number of rotatable bonds is 5. The molecule has 3 N–H and O–H groups in total. The van der Waals surface area contributed by atoms with Crippen LogP contribution in [0.5, 0.6) is 11.5 Å². The van der Waals surface area contributed by atoms with Gasteiger partial charge in [-0.25, -0.2) is 0 Å². The molecule has 5 nitrogen and oxygen atoms in total. The Morgan fingerprint density at radius 3 is 2.33 bits per heavy atom. The highest BCUT2D eigenvalue weighted by atomic mass is 35.5. The van der Waals surface area contributed by atoms with E-state index in [-0.39, 0.29) is 23.0 Å². The minimum absolute atomic E-state index is 0.0309. The van der Waals surface area contributed by atoms with Crippen molar-refractivity contribution in [1.29, 1.82) is 0 Å². The number of para-hydroxylation sites is 1. The fourth-order valence-corrected chi connectivity index (χ4v) is 5.80. The number of amides is 1. The van der Waals surface area contributed by atoms with Gasteiger partial charge >= 0.3 is 0 Å². The summed E-state index contributed by atoms with van der Waals surface area (Å²) in [4.78, 5) is 13.0. The number of ether oxygens (including phenoxy) is 1. The molecule has 4 rings (SSSR count). The lowest BCUT2D eigenvalue weighted by Crippen LogP contribution is -2.62. The number of carbonyl (C=O) groups excluding carboxylic acids is 1. The maximum absolute atomic E-state index is 13.0. The predicted octanol–water partition coefficient (Wildman–Crippen LogP) is 5.64. The smallest absolute Gasteiger partial charge is 0.251 e. The number of benzene rings is 2. The van der Waals surface area contributed by atoms with Crippen LogP contribution in [-0.4, -0.2) is 36.1 Å². The highest BCUT2D eigenvalue weighted by molar-refractivity contribution is 6.32. The summed E-state index contributed by atoms with van der Waals surface area (Å²) in [5, 5.41) is 10.7. The maximum Gasteiger partial charge on any atom is 0.251 e. The van der Waals surface area contributed by atoms with Gasteiger partial charge in [-0.05, 0) is 102 Å². The normalized spacial score (nSPS) is 20.9. The molecule has 0 radical (unpaired) electrons. The maximum atomic E-state index is 13.0. The molecule has 1 amide bonds. The number of nitrogens with one attached hydrogen (secondary N) is 3. The van der Waals surface area contributed by atoms with Gasteiger partial charge in [-0.1, -0.05) is 29.8 Å². The molecule has 0 atom stereocenters. The van der Waals surface area contributed by atoms with Gasteiger partial charge in [0.2, 0.25) is 0 Å². The Labute approximate surface area is 202 Å². The van der Waals surface area contributed by atoms with Gasteiger partial charge in [0.1, 0.15) is 11.5 Å². The van der Waals surface area contributed by atoms with Crippen LogP contribution in [0.1, 0.15) is 75.2 Å². The number of piperidine rings is 2. The van der Waals surface area contributed by atoms with Gasteiger partial charge in [-0.15, -0.1) is 0 Å². The van der Waals surface area contributed by atoms with Gasteiger partial charge in [-0.3, -0.25) is 4.79 Å². The molecule has 2 heterocycles. The van der Waals surface area contributed by atoms with Crippen molar-refractivity contribution in [3.8, 4) is 11.5 Å². The molecule has 0 aromatic heterocycles. The second-order valence-corrected chi connectivity index (χ2v) is 11.2. The molecule has 2 aromatic carbocycles. The molecule has 0 unspecified atom stereocenters. The molecular weight excluding hydrogens is 434 g/mol. The van der Waals surface area contributed by atoms with E-state index in [1.165, 1.54) is 5.56 Å². The molecule has 33 heavy (non-hydrogen) atoms. The van der Waals surface area contributed by atoms with Gasteiger partial charge in [0, 0.05) is 22.7 Å². The average Bonchev–Trinajstić information content (AvgIpc) is 2.74. The average molecular weight is 470 g/mol. The zero-order valence-electron chi connectivity index (χ0n) is 20.1. The lowest BCUT2D eigenvalue weighted by Gasteiger charge is -2.46. The van der Waals surface area contributed by atoms with Crippen molar-refractivity contribution in [3.05, 3.63) is 58.6 Å². The van der Waals surface area contributed by atoms with Crippen LogP contribution < -0.4 is 20.7 Å². The fraction of sp³-hybridized carbons (Fsp3) is 0.519. The molecule has 2 aromatic rings. The van der Waals surface area contributed by atoms with E-state index in [4.69, 9.17) is 16.3 Å². The van der Waals surface area contributed by atoms with Crippen molar-refractivity contribution in [2.75, 3.05) is 13.1 Å². The van der Waals surface area contributed by atoms with Crippen molar-refractivity contribution < 1.29 is 9.53 Å². The molecular formula is C27H36ClN3O2. The molecule has 6 heteroatoms. The zero-order chi connectivity index (χ0) is 23.6. The minimum Gasteiger partial charge on any atom is -0.456 e. The first-order valence-electron chi connectivity index (χ1n) is 12.0. The van der Waals surface area contributed by atoms with Crippen LogP contribution in [0.25, 0.3) is 0 Å². The number of hydrogen-bond acceptors (Lipinski definition) is 4. The first kappa shape index (κ1) is 24.1. The van der Waals surface area contributed by atoms with E-state index in [0.29, 0.717) is 22.3 Å². The molecule has 0 aliphatic carbocycles. The van der Waals surface area contributed by atoms with E-state index in [1.54, 1.807) is 18.2 Å². The molecule has 178 valence electrons. The number of hydrogen-bond donors (Lipinski definition) is 3. The van der Waals surface area contributed by atoms with Gasteiger partial charge in [0.05, 0.1) is 5.02 Å². The van der Waals surface area contributed by atoms with Crippen molar-refractivity contribution in [2.45, 2.75) is 76.4 Å². The standard InChI is InChI=1S/C27H36ClN3O2/c1-26(2)16-20(17-27(3,4)31-26)30-25(32)19-9-10-24(22(28)15-19)33-23-8-6-5-7-21(23)18-11-13-29-14-12-18/h5-10,15,18,20,29,31H,11-14,16-17H2,1-4H3,(H,30,32). The first-order chi connectivity index (χ1) is 15.6. The summed E-state index contributed by atoms with van der Waals surface area (Å²) in [6.45, 7) is 10.8. The van der Waals surface area contributed by atoms with Crippen molar-refractivity contribution in [2.24, 2.45) is 0 Å². The Morgan fingerprint density at radius 1 is 1.00 bits per heavy atom. The lowest BCUT2D eigenvalue weighted by atomic mass is 9.79. The Balaban J connectivity index is 1.46. The van der Waals surface area contributed by atoms with Crippen LogP contribution in [0.3, 0.4) is 0 Å². The topological polar surface area (TPSA) is 62.4 Å². The van der Waals surface area contributed by atoms with Crippen molar-refractivity contribution in [1.82, 2.24) is 16.0 Å². The van der Waals surface area contributed by atoms with Gasteiger partial charge in [0.25, 0.3) is 5.91 Å². The largest absolute Gasteiger partial charge is 0.456 e. The molecule has 2 fully saturated rings. The van der Waals surface area contributed by atoms with Gasteiger partial charge in [0.15, 0.2) is 0 Å². The molecule has 0 bridgehead atoms. The van der Waals surface area contributed by atoms with Crippen LogP contribution in [-0.2, 0) is 0 Å². The quantitative estimate of drug-likeness (QED) is 0.530. The third-order valence-electron chi connectivity index (χ3n) is 6.64. The SMILES string of the molecule is CC1(C)CC(NC(=O)c2ccc(Oc3ccccc3C3CCNCC3)c(Cl)c2)CC(C)(C)N1. The summed E-state index contributed by atoms with van der Waals surface area (Å²) in [5.74, 6) is 1.78. The fourth-order valence-electron chi connectivity index (χ4n) is 5.58. The molecule has 2 aliphatic rings. The number of carbonyl (C=O) groups is 1. The molecule has 2 saturated heterocycles. The summed E-state index contributed by atoms with van der Waals surface area (Å²) >= 11 is 6.57. The highest BCUT2D eigenvalue weighted by Gasteiger charge is 2.38. The van der Waals surface area contributed by atoms with Crippen molar-refractivity contribution in [3.63, 3.8) is 0 Å². The van der Waals surface area contributed by atoms with E-state index < -0.39 is 0 Å². The van der Waals surface area contributed by atoms with E-state index in [1.807, 2.05) is 12.1 Å². The van der Waals surface area contributed by atoms with E-state index in [2.05, 4.69) is 55.8 Å². The zero-order valence-corrected chi connectivity index (χ0v) is 20.9. The van der Waals surface area contributed by atoms with Gasteiger partial charge in [-0.2, -0.15) is 0 Å². The molecule has 0 saturated carbocycles. The summed E-state index contributed by atoms with van der Waals surface area (Å²) in [6.07, 6.45) is 3.95. The summed E-state index contributed by atoms with van der Waals surface area (Å²) in [6, 6.07) is 13.6. The summed E-state index contributed by atoms with van der Waals surface area (Å²) < 4.78 is 6.24. The van der Waals surface area contributed by atoms with E-state index >= 15 is 0 Å². The van der Waals surface area contributed by atoms with Crippen LogP contribution in [0.2, 0.25) is 5.02 Å². The Hall–Kier alpha value is -2.08. The van der Waals surface area contributed by atoms with Crippen molar-refractivity contribution >= 4 is 17.5 Å². The number of halogens is 1. The van der Waals surface area contributed by atoms with Crippen LogP contribution in [0, 0.1) is 0 Å². The molecule has 0 spiro atoms. The second-order valence-electron chi connectivity index (χ2n) is 10.8. The molecule has 2 aliphatic heterocycles. The Kier molecular flexibility index (Phi) is 7.04. The second kappa shape index (κ2) is 9.65. The lowest BCUT2D eigenvalue weighted by molar-refractivity contribution is 0.0873. The first-order valence-corrected chi connectivity index (χ1v) is 12.4. The van der Waals surface area contributed by atoms with E-state index in [0.717, 1.165) is 44.5 Å². The minimum atomic E-state index is -0.0999.